The number of hydrogen-bond acceptors (Lipinski definition) is 4. The second-order valence-electron chi connectivity index (χ2n) is 2.49. The summed E-state index contributed by atoms with van der Waals surface area (Å²) in [6.07, 6.45) is 0. The summed E-state index contributed by atoms with van der Waals surface area (Å²) in [4.78, 5) is -0.197. The second kappa shape index (κ2) is 2.61. The summed E-state index contributed by atoms with van der Waals surface area (Å²) in [5.41, 5.74) is 0. The van der Waals surface area contributed by atoms with Crippen molar-refractivity contribution < 1.29 is 22.4 Å². The molecule has 2 rings (SSSR count). The first kappa shape index (κ1) is 8.33. The van der Waals surface area contributed by atoms with Gasteiger partial charge in [-0.1, -0.05) is 0 Å². The molecule has 0 saturated heterocycles. The van der Waals surface area contributed by atoms with Crippen LogP contribution in [0.25, 0.3) is 0 Å². The topological polar surface area (TPSA) is 72.8 Å². The third-order valence-corrected chi connectivity index (χ3v) is 2.49. The van der Waals surface area contributed by atoms with Crippen LogP contribution in [0.1, 0.15) is 0 Å². The molecule has 0 fully saturated rings. The maximum absolute atomic E-state index is 10.7. The SMILES string of the molecule is O=S(=O)(O)c1ccc2c(c1)OCO2. The van der Waals surface area contributed by atoms with Crippen molar-refractivity contribution in [2.24, 2.45) is 0 Å². The zero-order valence-corrected chi connectivity index (χ0v) is 7.24. The van der Waals surface area contributed by atoms with Crippen LogP contribution in [0.5, 0.6) is 11.5 Å². The molecule has 1 heterocycles. The maximum atomic E-state index is 10.7. The molecule has 6 heteroatoms. The first-order chi connectivity index (χ1) is 6.07. The van der Waals surface area contributed by atoms with Gasteiger partial charge in [-0.3, -0.25) is 4.55 Å². The highest BCUT2D eigenvalue weighted by atomic mass is 32.2. The third-order valence-electron chi connectivity index (χ3n) is 1.64. The summed E-state index contributed by atoms with van der Waals surface area (Å²) in [7, 11) is -4.16. The molecule has 1 aliphatic heterocycles. The van der Waals surface area contributed by atoms with E-state index >= 15 is 0 Å². The number of rotatable bonds is 1. The molecule has 0 spiro atoms. The molecule has 0 amide bonds. The van der Waals surface area contributed by atoms with Gasteiger partial charge in [-0.2, -0.15) is 8.42 Å². The predicted molar refractivity (Wildman–Crippen MR) is 42.4 cm³/mol. The highest BCUT2D eigenvalue weighted by Gasteiger charge is 2.17. The fourth-order valence-electron chi connectivity index (χ4n) is 1.04. The summed E-state index contributed by atoms with van der Waals surface area (Å²) in [5, 5.41) is 0. The van der Waals surface area contributed by atoms with E-state index in [0.29, 0.717) is 11.5 Å². The van der Waals surface area contributed by atoms with E-state index in [-0.39, 0.29) is 11.7 Å². The van der Waals surface area contributed by atoms with Crippen molar-refractivity contribution in [3.63, 3.8) is 0 Å². The molecular formula is C7H6O5S. The van der Waals surface area contributed by atoms with Gasteiger partial charge in [0.15, 0.2) is 11.5 Å². The molecule has 0 bridgehead atoms. The Morgan fingerprint density at radius 1 is 1.23 bits per heavy atom. The van der Waals surface area contributed by atoms with Gasteiger partial charge in [-0.15, -0.1) is 0 Å². The van der Waals surface area contributed by atoms with E-state index in [1.165, 1.54) is 18.2 Å². The Bertz CT molecular complexity index is 436. The normalized spacial score (nSPS) is 14.5. The van der Waals surface area contributed by atoms with Gasteiger partial charge in [0.05, 0.1) is 4.90 Å². The predicted octanol–water partition coefficient (Wildman–Crippen LogP) is 0.662. The zero-order chi connectivity index (χ0) is 9.47. The first-order valence-electron chi connectivity index (χ1n) is 3.44. The Labute approximate surface area is 74.6 Å². The summed E-state index contributed by atoms with van der Waals surface area (Å²) in [5.74, 6) is 0.808. The van der Waals surface area contributed by atoms with Crippen LogP contribution < -0.4 is 9.47 Å². The molecule has 70 valence electrons. The van der Waals surface area contributed by atoms with Crippen molar-refractivity contribution in [3.05, 3.63) is 18.2 Å². The fourth-order valence-corrected chi connectivity index (χ4v) is 1.53. The molecule has 0 atom stereocenters. The maximum Gasteiger partial charge on any atom is 0.294 e. The van der Waals surface area contributed by atoms with Crippen molar-refractivity contribution in [1.29, 1.82) is 0 Å². The van der Waals surface area contributed by atoms with E-state index in [9.17, 15) is 8.42 Å². The lowest BCUT2D eigenvalue weighted by molar-refractivity contribution is 0.174. The molecule has 5 nitrogen and oxygen atoms in total. The van der Waals surface area contributed by atoms with Crippen LogP contribution >= 0.6 is 0 Å². The van der Waals surface area contributed by atoms with Gasteiger partial charge >= 0.3 is 0 Å². The van der Waals surface area contributed by atoms with Gasteiger partial charge < -0.3 is 9.47 Å². The largest absolute Gasteiger partial charge is 0.454 e. The van der Waals surface area contributed by atoms with Gasteiger partial charge in [-0.25, -0.2) is 0 Å². The van der Waals surface area contributed by atoms with Crippen molar-refractivity contribution in [2.45, 2.75) is 4.90 Å². The lowest BCUT2D eigenvalue weighted by Gasteiger charge is -1.98. The summed E-state index contributed by atoms with van der Waals surface area (Å²) < 4.78 is 40.0. The van der Waals surface area contributed by atoms with Gasteiger partial charge in [0.2, 0.25) is 6.79 Å². The van der Waals surface area contributed by atoms with Crippen LogP contribution in [-0.4, -0.2) is 19.8 Å². The van der Waals surface area contributed by atoms with E-state index in [1.54, 1.807) is 0 Å². The van der Waals surface area contributed by atoms with Crippen LogP contribution in [0.2, 0.25) is 0 Å². The lowest BCUT2D eigenvalue weighted by atomic mass is 10.3. The Morgan fingerprint density at radius 3 is 2.62 bits per heavy atom. The Morgan fingerprint density at radius 2 is 1.92 bits per heavy atom. The van der Waals surface area contributed by atoms with E-state index in [0.717, 1.165) is 0 Å². The highest BCUT2D eigenvalue weighted by Crippen LogP contribution is 2.33. The summed E-state index contributed by atoms with van der Waals surface area (Å²) in [6, 6.07) is 3.91. The average molecular weight is 202 g/mol. The van der Waals surface area contributed by atoms with Crippen molar-refractivity contribution in [3.8, 4) is 11.5 Å². The monoisotopic (exact) mass is 202 g/mol. The standard InChI is InChI=1S/C7H6O5S/c8-13(9,10)5-1-2-6-7(3-5)12-4-11-6/h1-3H,4H2,(H,8,9,10). The van der Waals surface area contributed by atoms with E-state index in [2.05, 4.69) is 0 Å². The minimum atomic E-state index is -4.16. The van der Waals surface area contributed by atoms with Crippen molar-refractivity contribution in [2.75, 3.05) is 6.79 Å². The quantitative estimate of drug-likeness (QED) is 0.677. The van der Waals surface area contributed by atoms with Crippen LogP contribution in [0.4, 0.5) is 0 Å². The molecule has 13 heavy (non-hydrogen) atoms. The number of hydrogen-bond donors (Lipinski definition) is 1. The summed E-state index contributed by atoms with van der Waals surface area (Å²) >= 11 is 0. The van der Waals surface area contributed by atoms with Crippen LogP contribution in [-0.2, 0) is 10.1 Å². The zero-order valence-electron chi connectivity index (χ0n) is 6.43. The Kier molecular flexibility index (Phi) is 1.67. The van der Waals surface area contributed by atoms with Crippen molar-refractivity contribution in [1.82, 2.24) is 0 Å². The number of fused-ring (bicyclic) bond motifs is 1. The molecular weight excluding hydrogens is 196 g/mol. The van der Waals surface area contributed by atoms with Gasteiger partial charge in [-0.05, 0) is 12.1 Å². The molecule has 1 N–H and O–H groups in total. The highest BCUT2D eigenvalue weighted by molar-refractivity contribution is 7.85. The Balaban J connectivity index is 2.54. The summed E-state index contributed by atoms with van der Waals surface area (Å²) in [6.45, 7) is 0.0737. The smallest absolute Gasteiger partial charge is 0.294 e. The van der Waals surface area contributed by atoms with E-state index < -0.39 is 10.1 Å². The first-order valence-corrected chi connectivity index (χ1v) is 4.88. The molecule has 0 aromatic heterocycles. The average Bonchev–Trinajstić information content (AvgIpc) is 2.47. The molecule has 0 unspecified atom stereocenters. The van der Waals surface area contributed by atoms with E-state index in [4.69, 9.17) is 14.0 Å². The minimum absolute atomic E-state index is 0.0737. The van der Waals surface area contributed by atoms with Crippen LogP contribution in [0.3, 0.4) is 0 Å². The van der Waals surface area contributed by atoms with Crippen LogP contribution in [0, 0.1) is 0 Å². The third kappa shape index (κ3) is 1.45. The molecule has 0 aliphatic carbocycles. The van der Waals surface area contributed by atoms with Crippen molar-refractivity contribution >= 4 is 10.1 Å². The van der Waals surface area contributed by atoms with Gasteiger partial charge in [0.1, 0.15) is 0 Å². The fraction of sp³-hybridized carbons (Fsp3) is 0.143. The van der Waals surface area contributed by atoms with E-state index in [1.807, 2.05) is 0 Å². The minimum Gasteiger partial charge on any atom is -0.454 e. The second-order valence-corrected chi connectivity index (χ2v) is 3.91. The lowest BCUT2D eigenvalue weighted by Crippen LogP contribution is -1.97. The Hall–Kier alpha value is -1.27. The molecule has 1 aromatic rings. The molecule has 0 radical (unpaired) electrons. The molecule has 1 aromatic carbocycles. The van der Waals surface area contributed by atoms with Crippen LogP contribution in [0.15, 0.2) is 23.1 Å². The van der Waals surface area contributed by atoms with Gasteiger partial charge in [0.25, 0.3) is 10.1 Å². The molecule has 1 aliphatic rings. The number of benzene rings is 1. The van der Waals surface area contributed by atoms with Gasteiger partial charge in [0, 0.05) is 6.07 Å². The number of ether oxygens (including phenoxy) is 2. The molecule has 0 saturated carbocycles.